The number of anilines is 1. The molecule has 0 N–H and O–H groups in total. The largest absolute Gasteiger partial charge is 0.370 e. The molecule has 0 saturated carbocycles. The summed E-state index contributed by atoms with van der Waals surface area (Å²) in [5.41, 5.74) is 0.467. The average Bonchev–Trinajstić information content (AvgIpc) is 2.38. The van der Waals surface area contributed by atoms with Crippen molar-refractivity contribution in [2.45, 2.75) is 18.8 Å². The van der Waals surface area contributed by atoms with Crippen LogP contribution >= 0.6 is 0 Å². The zero-order valence-electron chi connectivity index (χ0n) is 9.97. The number of non-ortho nitro benzene ring substituents is 1. The van der Waals surface area contributed by atoms with E-state index in [1.165, 1.54) is 18.2 Å². The Bertz CT molecular complexity index is 544. The molecule has 1 saturated heterocycles. The molecule has 0 bridgehead atoms. The Hall–Kier alpha value is -2.23. The zero-order chi connectivity index (χ0) is 14.0. The zero-order valence-corrected chi connectivity index (χ0v) is 9.97. The fourth-order valence-corrected chi connectivity index (χ4v) is 2.06. The summed E-state index contributed by atoms with van der Waals surface area (Å²) in [5.74, 6) is -2.69. The topological polar surface area (TPSA) is 70.2 Å². The quantitative estimate of drug-likeness (QED) is 0.610. The molecule has 1 aliphatic rings. The molecule has 7 heteroatoms. The van der Waals surface area contributed by atoms with Crippen LogP contribution in [0.25, 0.3) is 0 Å². The van der Waals surface area contributed by atoms with Gasteiger partial charge in [-0.1, -0.05) is 0 Å². The second kappa shape index (κ2) is 4.80. The van der Waals surface area contributed by atoms with Crippen LogP contribution in [0.2, 0.25) is 0 Å². The summed E-state index contributed by atoms with van der Waals surface area (Å²) in [6.45, 7) is 0.172. The molecular weight excluding hydrogens is 256 g/mol. The lowest BCUT2D eigenvalue weighted by Gasteiger charge is -2.33. The van der Waals surface area contributed by atoms with Crippen molar-refractivity contribution in [1.82, 2.24) is 0 Å². The highest BCUT2D eigenvalue weighted by atomic mass is 19.3. The molecule has 0 aromatic heterocycles. The number of nitriles is 1. The van der Waals surface area contributed by atoms with E-state index in [0.717, 1.165) is 0 Å². The molecule has 0 unspecified atom stereocenters. The van der Waals surface area contributed by atoms with Crippen molar-refractivity contribution in [1.29, 1.82) is 5.26 Å². The first-order valence-electron chi connectivity index (χ1n) is 5.74. The van der Waals surface area contributed by atoms with E-state index in [9.17, 15) is 18.9 Å². The normalized spacial score (nSPS) is 17.8. The van der Waals surface area contributed by atoms with Crippen LogP contribution in [0, 0.1) is 21.4 Å². The van der Waals surface area contributed by atoms with Gasteiger partial charge in [-0.05, 0) is 6.07 Å². The van der Waals surface area contributed by atoms with Gasteiger partial charge in [-0.15, -0.1) is 0 Å². The Morgan fingerprint density at radius 2 is 2.00 bits per heavy atom. The summed E-state index contributed by atoms with van der Waals surface area (Å²) in [5, 5.41) is 19.7. The number of hydrogen-bond acceptors (Lipinski definition) is 4. The summed E-state index contributed by atoms with van der Waals surface area (Å²) >= 11 is 0. The molecule has 19 heavy (non-hydrogen) atoms. The Morgan fingerprint density at radius 1 is 1.37 bits per heavy atom. The molecule has 0 radical (unpaired) electrons. The minimum absolute atomic E-state index is 0.0862. The molecule has 0 amide bonds. The van der Waals surface area contributed by atoms with E-state index in [0.29, 0.717) is 5.69 Å². The standard InChI is InChI=1S/C12H11F2N3O2/c13-12(14)3-5-16(6-4-12)11-7-10(17(18)19)2-1-9(11)8-15/h1-2,7H,3-6H2. The van der Waals surface area contributed by atoms with E-state index in [1.54, 1.807) is 4.90 Å². The molecule has 1 aromatic rings. The van der Waals surface area contributed by atoms with Crippen LogP contribution in [-0.4, -0.2) is 23.9 Å². The third-order valence-electron chi connectivity index (χ3n) is 3.15. The summed E-state index contributed by atoms with van der Waals surface area (Å²) in [6.07, 6.45) is -0.610. The van der Waals surface area contributed by atoms with E-state index in [4.69, 9.17) is 5.26 Å². The highest BCUT2D eigenvalue weighted by Crippen LogP contribution is 2.33. The third-order valence-corrected chi connectivity index (χ3v) is 3.15. The van der Waals surface area contributed by atoms with Gasteiger partial charge in [0.15, 0.2) is 0 Å². The minimum Gasteiger partial charge on any atom is -0.370 e. The number of alkyl halides is 2. The fourth-order valence-electron chi connectivity index (χ4n) is 2.06. The maximum absolute atomic E-state index is 13.1. The van der Waals surface area contributed by atoms with Crippen molar-refractivity contribution in [2.24, 2.45) is 0 Å². The molecule has 0 atom stereocenters. The first-order chi connectivity index (χ1) is 8.93. The highest BCUT2D eigenvalue weighted by Gasteiger charge is 2.34. The number of piperidine rings is 1. The van der Waals surface area contributed by atoms with Crippen molar-refractivity contribution in [2.75, 3.05) is 18.0 Å². The van der Waals surface area contributed by atoms with Gasteiger partial charge in [-0.2, -0.15) is 5.26 Å². The summed E-state index contributed by atoms with van der Waals surface area (Å²) in [6, 6.07) is 5.78. The van der Waals surface area contributed by atoms with Gasteiger partial charge in [-0.25, -0.2) is 8.78 Å². The molecule has 1 heterocycles. The van der Waals surface area contributed by atoms with Gasteiger partial charge < -0.3 is 4.90 Å². The molecule has 1 aromatic carbocycles. The minimum atomic E-state index is -2.69. The molecule has 2 rings (SSSR count). The van der Waals surface area contributed by atoms with Crippen LogP contribution in [0.4, 0.5) is 20.2 Å². The van der Waals surface area contributed by atoms with Gasteiger partial charge in [0, 0.05) is 38.1 Å². The molecule has 100 valence electrons. The number of nitro groups is 1. The Morgan fingerprint density at radius 3 is 2.53 bits per heavy atom. The van der Waals surface area contributed by atoms with Crippen LogP contribution in [-0.2, 0) is 0 Å². The second-order valence-corrected chi connectivity index (χ2v) is 4.41. The summed E-state index contributed by atoms with van der Waals surface area (Å²) in [4.78, 5) is 11.8. The first-order valence-corrected chi connectivity index (χ1v) is 5.74. The van der Waals surface area contributed by atoms with Crippen LogP contribution < -0.4 is 4.90 Å². The molecule has 0 spiro atoms. The lowest BCUT2D eigenvalue weighted by molar-refractivity contribution is -0.384. The lowest BCUT2D eigenvalue weighted by atomic mass is 10.0. The van der Waals surface area contributed by atoms with Crippen LogP contribution in [0.1, 0.15) is 18.4 Å². The lowest BCUT2D eigenvalue weighted by Crippen LogP contribution is -2.39. The Labute approximate surface area is 108 Å². The first kappa shape index (κ1) is 13.2. The fraction of sp³-hybridized carbons (Fsp3) is 0.417. The van der Waals surface area contributed by atoms with Gasteiger partial charge >= 0.3 is 0 Å². The Balaban J connectivity index is 2.31. The maximum Gasteiger partial charge on any atom is 0.271 e. The number of benzene rings is 1. The SMILES string of the molecule is N#Cc1ccc([N+](=O)[O-])cc1N1CCC(F)(F)CC1. The smallest absolute Gasteiger partial charge is 0.271 e. The van der Waals surface area contributed by atoms with Gasteiger partial charge in [0.2, 0.25) is 0 Å². The Kier molecular flexibility index (Phi) is 3.34. The number of nitrogens with zero attached hydrogens (tertiary/aromatic N) is 3. The van der Waals surface area contributed by atoms with Crippen molar-refractivity contribution >= 4 is 11.4 Å². The molecular formula is C12H11F2N3O2. The predicted molar refractivity (Wildman–Crippen MR) is 64.2 cm³/mol. The number of hydrogen-bond donors (Lipinski definition) is 0. The van der Waals surface area contributed by atoms with Gasteiger partial charge in [-0.3, -0.25) is 10.1 Å². The number of nitro benzene ring substituents is 1. The van der Waals surface area contributed by atoms with E-state index in [1.807, 2.05) is 6.07 Å². The average molecular weight is 267 g/mol. The van der Waals surface area contributed by atoms with Gasteiger partial charge in [0.1, 0.15) is 6.07 Å². The summed E-state index contributed by atoms with van der Waals surface area (Å²) in [7, 11) is 0. The van der Waals surface area contributed by atoms with E-state index in [2.05, 4.69) is 0 Å². The van der Waals surface area contributed by atoms with Crippen molar-refractivity contribution in [3.63, 3.8) is 0 Å². The van der Waals surface area contributed by atoms with Gasteiger partial charge in [0.05, 0.1) is 16.2 Å². The number of rotatable bonds is 2. The highest BCUT2D eigenvalue weighted by molar-refractivity contribution is 5.63. The van der Waals surface area contributed by atoms with Crippen LogP contribution in [0.3, 0.4) is 0 Å². The van der Waals surface area contributed by atoms with E-state index >= 15 is 0 Å². The van der Waals surface area contributed by atoms with E-state index in [-0.39, 0.29) is 37.2 Å². The second-order valence-electron chi connectivity index (χ2n) is 4.41. The van der Waals surface area contributed by atoms with Gasteiger partial charge in [0.25, 0.3) is 11.6 Å². The van der Waals surface area contributed by atoms with Crippen LogP contribution in [0.15, 0.2) is 18.2 Å². The van der Waals surface area contributed by atoms with Crippen molar-refractivity contribution in [3.8, 4) is 6.07 Å². The van der Waals surface area contributed by atoms with E-state index < -0.39 is 10.8 Å². The van der Waals surface area contributed by atoms with Crippen molar-refractivity contribution < 1.29 is 13.7 Å². The molecule has 1 aliphatic heterocycles. The third kappa shape index (κ3) is 2.78. The predicted octanol–water partition coefficient (Wildman–Crippen LogP) is 2.70. The van der Waals surface area contributed by atoms with Crippen molar-refractivity contribution in [3.05, 3.63) is 33.9 Å². The monoisotopic (exact) mass is 267 g/mol. The molecule has 1 fully saturated rings. The molecule has 0 aliphatic carbocycles. The molecule has 5 nitrogen and oxygen atoms in total. The number of halogens is 2. The summed E-state index contributed by atoms with van der Waals surface area (Å²) < 4.78 is 26.2. The van der Waals surface area contributed by atoms with Crippen LogP contribution in [0.5, 0.6) is 0 Å². The maximum atomic E-state index is 13.1.